The third-order valence-corrected chi connectivity index (χ3v) is 4.45. The van der Waals surface area contributed by atoms with Gasteiger partial charge in [0, 0.05) is 11.1 Å². The van der Waals surface area contributed by atoms with E-state index in [2.05, 4.69) is 4.98 Å². The molecule has 0 aromatic carbocycles. The number of nitrogens with zero attached hydrogens (tertiary/aromatic N) is 1. The minimum Gasteiger partial charge on any atom is -0.394 e. The van der Waals surface area contributed by atoms with Crippen LogP contribution < -0.4 is 11.2 Å². The van der Waals surface area contributed by atoms with Gasteiger partial charge in [-0.2, -0.15) is 0 Å². The molecule has 2 aromatic heterocycles. The van der Waals surface area contributed by atoms with Crippen molar-refractivity contribution in [3.8, 4) is 10.4 Å². The average molecular weight is 326 g/mol. The van der Waals surface area contributed by atoms with Crippen molar-refractivity contribution in [2.75, 3.05) is 6.61 Å². The van der Waals surface area contributed by atoms with Crippen LogP contribution in [-0.4, -0.2) is 49.8 Å². The molecule has 1 saturated heterocycles. The zero-order valence-electron chi connectivity index (χ0n) is 11.2. The summed E-state index contributed by atoms with van der Waals surface area (Å²) in [6.07, 6.45) is -3.61. The van der Waals surface area contributed by atoms with Gasteiger partial charge in [-0.25, -0.2) is 4.79 Å². The second-order valence-corrected chi connectivity index (χ2v) is 5.86. The predicted octanol–water partition coefficient (Wildman–Crippen LogP) is -1.12. The lowest BCUT2D eigenvalue weighted by Crippen LogP contribution is -2.38. The first-order chi connectivity index (χ1) is 10.5. The number of nitrogens with one attached hydrogen (secondary N) is 1. The Kier molecular flexibility index (Phi) is 3.98. The maximum absolute atomic E-state index is 12.0. The molecule has 9 heteroatoms. The quantitative estimate of drug-likeness (QED) is 0.566. The van der Waals surface area contributed by atoms with Gasteiger partial charge < -0.3 is 20.1 Å². The van der Waals surface area contributed by atoms with Crippen molar-refractivity contribution >= 4 is 11.3 Å². The number of aromatic nitrogens is 2. The number of aliphatic hydroxyl groups is 3. The van der Waals surface area contributed by atoms with Crippen LogP contribution in [0.3, 0.4) is 0 Å². The van der Waals surface area contributed by atoms with Gasteiger partial charge in [0.25, 0.3) is 5.56 Å². The highest BCUT2D eigenvalue weighted by Gasteiger charge is 2.43. The summed E-state index contributed by atoms with van der Waals surface area (Å²) in [7, 11) is 0. The molecule has 0 amide bonds. The van der Waals surface area contributed by atoms with Gasteiger partial charge in [0.05, 0.1) is 12.2 Å². The largest absolute Gasteiger partial charge is 0.394 e. The van der Waals surface area contributed by atoms with Crippen LogP contribution in [0.25, 0.3) is 10.4 Å². The van der Waals surface area contributed by atoms with Crippen molar-refractivity contribution in [1.29, 1.82) is 0 Å². The summed E-state index contributed by atoms with van der Waals surface area (Å²) in [5.41, 5.74) is -1.05. The second kappa shape index (κ2) is 5.78. The monoisotopic (exact) mass is 326 g/mol. The molecular formula is C13H14N2O6S. The molecule has 0 saturated carbocycles. The zero-order valence-corrected chi connectivity index (χ0v) is 12.1. The molecular weight excluding hydrogens is 312 g/mol. The van der Waals surface area contributed by atoms with E-state index in [0.717, 1.165) is 4.57 Å². The van der Waals surface area contributed by atoms with Crippen LogP contribution in [0.2, 0.25) is 0 Å². The summed E-state index contributed by atoms with van der Waals surface area (Å²) in [5.74, 6) is 0. The van der Waals surface area contributed by atoms with E-state index in [1.165, 1.54) is 17.5 Å². The maximum Gasteiger partial charge on any atom is 0.330 e. The summed E-state index contributed by atoms with van der Waals surface area (Å²) in [4.78, 5) is 26.7. The molecule has 1 aliphatic heterocycles. The minimum atomic E-state index is -1.39. The lowest BCUT2D eigenvalue weighted by atomic mass is 10.1. The van der Waals surface area contributed by atoms with Crippen LogP contribution >= 0.6 is 11.3 Å². The van der Waals surface area contributed by atoms with E-state index in [-0.39, 0.29) is 5.56 Å². The highest BCUT2D eigenvalue weighted by atomic mass is 32.1. The van der Waals surface area contributed by atoms with Crippen molar-refractivity contribution < 1.29 is 20.1 Å². The number of H-pyrrole nitrogens is 1. The van der Waals surface area contributed by atoms with Gasteiger partial charge >= 0.3 is 5.69 Å². The van der Waals surface area contributed by atoms with Crippen LogP contribution in [0.4, 0.5) is 0 Å². The first-order valence-electron chi connectivity index (χ1n) is 6.54. The Morgan fingerprint density at radius 3 is 2.68 bits per heavy atom. The van der Waals surface area contributed by atoms with E-state index in [1.54, 1.807) is 17.5 Å². The van der Waals surface area contributed by atoms with Gasteiger partial charge in [-0.05, 0) is 11.4 Å². The molecule has 1 aliphatic rings. The fourth-order valence-corrected chi connectivity index (χ4v) is 3.12. The first-order valence-corrected chi connectivity index (χ1v) is 7.42. The summed E-state index contributed by atoms with van der Waals surface area (Å²) >= 11 is 1.33. The summed E-state index contributed by atoms with van der Waals surface area (Å²) in [5, 5.41) is 30.6. The van der Waals surface area contributed by atoms with Crippen molar-refractivity contribution in [2.45, 2.75) is 24.5 Å². The normalized spacial score (nSPS) is 28.1. The number of aliphatic hydroxyl groups excluding tert-OH is 3. The van der Waals surface area contributed by atoms with Gasteiger partial charge in [-0.1, -0.05) is 6.07 Å². The number of hydrogen-bond donors (Lipinski definition) is 4. The van der Waals surface area contributed by atoms with Gasteiger partial charge in [-0.3, -0.25) is 14.3 Å². The lowest BCUT2D eigenvalue weighted by molar-refractivity contribution is -0.0549. The molecule has 0 radical (unpaired) electrons. The van der Waals surface area contributed by atoms with Crippen LogP contribution in [0.1, 0.15) is 6.23 Å². The Hall–Kier alpha value is -1.78. The number of thiophene rings is 1. The van der Waals surface area contributed by atoms with Gasteiger partial charge in [0.15, 0.2) is 6.23 Å². The van der Waals surface area contributed by atoms with Crippen LogP contribution in [0.15, 0.2) is 33.3 Å². The van der Waals surface area contributed by atoms with Crippen molar-refractivity contribution in [2.24, 2.45) is 0 Å². The molecule has 1 fully saturated rings. The van der Waals surface area contributed by atoms with E-state index < -0.39 is 42.4 Å². The number of aromatic amines is 1. The lowest BCUT2D eigenvalue weighted by Gasteiger charge is -2.17. The topological polar surface area (TPSA) is 125 Å². The van der Waals surface area contributed by atoms with Crippen molar-refractivity contribution in [1.82, 2.24) is 9.55 Å². The van der Waals surface area contributed by atoms with E-state index in [9.17, 15) is 19.8 Å². The summed E-state index contributed by atoms with van der Waals surface area (Å²) in [6, 6.07) is 3.49. The molecule has 0 aliphatic carbocycles. The fraction of sp³-hybridized carbons (Fsp3) is 0.385. The molecule has 22 heavy (non-hydrogen) atoms. The van der Waals surface area contributed by atoms with Crippen LogP contribution in [0, 0.1) is 0 Å². The molecule has 0 bridgehead atoms. The van der Waals surface area contributed by atoms with Gasteiger partial charge in [0.1, 0.15) is 18.3 Å². The SMILES string of the molecule is O=c1[nH]c(=O)n([C@@H]2O[C@H](CO)[C@@H](O)[C@@H]2O)cc1-c1cccs1. The molecule has 3 rings (SSSR count). The van der Waals surface area contributed by atoms with E-state index >= 15 is 0 Å². The first kappa shape index (κ1) is 15.1. The fourth-order valence-electron chi connectivity index (χ4n) is 2.39. The summed E-state index contributed by atoms with van der Waals surface area (Å²) in [6.45, 7) is -0.495. The predicted molar refractivity (Wildman–Crippen MR) is 77.6 cm³/mol. The molecule has 0 unspecified atom stereocenters. The third kappa shape index (κ3) is 2.42. The highest BCUT2D eigenvalue weighted by Crippen LogP contribution is 2.29. The van der Waals surface area contributed by atoms with E-state index in [1.807, 2.05) is 0 Å². The van der Waals surface area contributed by atoms with Gasteiger partial charge in [0.2, 0.25) is 0 Å². The van der Waals surface area contributed by atoms with Crippen molar-refractivity contribution in [3.05, 3.63) is 44.5 Å². The Balaban J connectivity index is 2.07. The third-order valence-electron chi connectivity index (χ3n) is 3.55. The van der Waals surface area contributed by atoms with E-state index in [4.69, 9.17) is 9.84 Å². The summed E-state index contributed by atoms with van der Waals surface area (Å²) < 4.78 is 6.32. The van der Waals surface area contributed by atoms with Gasteiger partial charge in [-0.15, -0.1) is 11.3 Å². The number of ether oxygens (including phenoxy) is 1. The standard InChI is InChI=1S/C13H14N2O6S/c16-5-7-9(17)10(18)12(21-7)15-4-6(8-2-1-3-22-8)11(19)14-13(15)20/h1-4,7,9-10,12,16-18H,5H2,(H,14,19,20)/t7-,9-,10+,12-/m1/s1. The minimum absolute atomic E-state index is 0.257. The van der Waals surface area contributed by atoms with E-state index in [0.29, 0.717) is 4.88 Å². The molecule has 4 atom stereocenters. The average Bonchev–Trinajstić information content (AvgIpc) is 3.10. The zero-order chi connectivity index (χ0) is 15.9. The molecule has 118 valence electrons. The molecule has 2 aromatic rings. The van der Waals surface area contributed by atoms with Crippen LogP contribution in [-0.2, 0) is 4.74 Å². The number of rotatable bonds is 3. The Labute approximate surface area is 127 Å². The second-order valence-electron chi connectivity index (χ2n) is 4.92. The highest BCUT2D eigenvalue weighted by molar-refractivity contribution is 7.13. The Morgan fingerprint density at radius 2 is 2.09 bits per heavy atom. The Bertz CT molecular complexity index is 768. The van der Waals surface area contributed by atoms with Crippen LogP contribution in [0.5, 0.6) is 0 Å². The Morgan fingerprint density at radius 1 is 1.32 bits per heavy atom. The molecule has 8 nitrogen and oxygen atoms in total. The van der Waals surface area contributed by atoms with Crippen molar-refractivity contribution in [3.63, 3.8) is 0 Å². The smallest absolute Gasteiger partial charge is 0.330 e. The molecule has 3 heterocycles. The number of hydrogen-bond acceptors (Lipinski definition) is 7. The molecule has 0 spiro atoms. The maximum atomic E-state index is 12.0. The molecule has 4 N–H and O–H groups in total.